The highest BCUT2D eigenvalue weighted by Gasteiger charge is 2.25. The predicted octanol–water partition coefficient (Wildman–Crippen LogP) is 4.19. The lowest BCUT2D eigenvalue weighted by molar-refractivity contribution is 0.370. The van der Waals surface area contributed by atoms with Crippen molar-refractivity contribution in [2.24, 2.45) is 5.41 Å². The van der Waals surface area contributed by atoms with E-state index in [9.17, 15) is 4.57 Å². The van der Waals surface area contributed by atoms with Gasteiger partial charge in [0, 0.05) is 0 Å². The summed E-state index contributed by atoms with van der Waals surface area (Å²) in [5.41, 5.74) is 3.95. The first-order valence-corrected chi connectivity index (χ1v) is 8.51. The molecule has 0 saturated heterocycles. The highest BCUT2D eigenvalue weighted by molar-refractivity contribution is 7.51. The van der Waals surface area contributed by atoms with Gasteiger partial charge in [-0.1, -0.05) is 43.2 Å². The Morgan fingerprint density at radius 1 is 1.42 bits per heavy atom. The lowest BCUT2D eigenvalue weighted by atomic mass is 9.73. The Morgan fingerprint density at radius 3 is 2.63 bits per heavy atom. The monoisotopic (exact) mass is 284 g/mol. The van der Waals surface area contributed by atoms with E-state index in [-0.39, 0.29) is 11.6 Å². The van der Waals surface area contributed by atoms with Crippen LogP contribution in [0, 0.1) is 5.41 Å². The normalized spacial score (nSPS) is 21.3. The van der Waals surface area contributed by atoms with Gasteiger partial charge in [-0.05, 0) is 44.1 Å². The number of hydrogen-bond donors (Lipinski definition) is 2. The van der Waals surface area contributed by atoms with Gasteiger partial charge in [0.2, 0.25) is 0 Å². The molecule has 3 nitrogen and oxygen atoms in total. The molecule has 0 amide bonds. The quantitative estimate of drug-likeness (QED) is 0.601. The summed E-state index contributed by atoms with van der Waals surface area (Å²) in [6.07, 6.45) is 8.99. The Morgan fingerprint density at radius 2 is 2.05 bits per heavy atom. The second kappa shape index (κ2) is 6.21. The van der Waals surface area contributed by atoms with Gasteiger partial charge in [-0.3, -0.25) is 4.57 Å². The molecule has 0 heterocycles. The molecule has 4 heteroatoms. The summed E-state index contributed by atoms with van der Waals surface area (Å²) >= 11 is 0. The number of rotatable bonds is 4. The Kier molecular flexibility index (Phi) is 5.37. The SMILES string of the molecule is CC(C=CC1=C(C)C(C)(C)CCC1)=CCP(=O)(O)O. The van der Waals surface area contributed by atoms with Gasteiger partial charge in [0.05, 0.1) is 6.16 Å². The molecule has 0 bridgehead atoms. The van der Waals surface area contributed by atoms with Crippen LogP contribution in [0.2, 0.25) is 0 Å². The molecule has 0 aromatic heterocycles. The van der Waals surface area contributed by atoms with Crippen molar-refractivity contribution in [3.05, 3.63) is 34.9 Å². The Bertz CT molecular complexity index is 464. The Balaban J connectivity index is 2.79. The van der Waals surface area contributed by atoms with Gasteiger partial charge in [-0.25, -0.2) is 0 Å². The number of allylic oxidation sites excluding steroid dienone is 6. The van der Waals surface area contributed by atoms with Crippen molar-refractivity contribution >= 4 is 7.60 Å². The summed E-state index contributed by atoms with van der Waals surface area (Å²) in [4.78, 5) is 17.7. The molecule has 0 radical (unpaired) electrons. The lowest BCUT2D eigenvalue weighted by Crippen LogP contribution is -2.18. The Labute approximate surface area is 116 Å². The second-order valence-corrected chi connectivity index (χ2v) is 7.71. The zero-order chi connectivity index (χ0) is 14.7. The molecule has 0 atom stereocenters. The first-order chi connectivity index (χ1) is 8.62. The van der Waals surface area contributed by atoms with Gasteiger partial charge in [0.1, 0.15) is 0 Å². The molecule has 108 valence electrons. The summed E-state index contributed by atoms with van der Waals surface area (Å²) in [5.74, 6) is 0. The van der Waals surface area contributed by atoms with Crippen LogP contribution in [0.1, 0.15) is 47.0 Å². The van der Waals surface area contributed by atoms with Gasteiger partial charge < -0.3 is 9.79 Å². The van der Waals surface area contributed by atoms with E-state index >= 15 is 0 Å². The fourth-order valence-corrected chi connectivity index (χ4v) is 2.83. The van der Waals surface area contributed by atoms with E-state index in [2.05, 4.69) is 26.8 Å². The third-order valence-corrected chi connectivity index (χ3v) is 4.60. The molecule has 0 unspecified atom stereocenters. The van der Waals surface area contributed by atoms with Crippen molar-refractivity contribution in [3.8, 4) is 0 Å². The fraction of sp³-hybridized carbons (Fsp3) is 0.600. The molecule has 2 N–H and O–H groups in total. The zero-order valence-corrected chi connectivity index (χ0v) is 13.2. The van der Waals surface area contributed by atoms with Crippen LogP contribution < -0.4 is 0 Å². The van der Waals surface area contributed by atoms with Crippen LogP contribution in [-0.4, -0.2) is 15.9 Å². The van der Waals surface area contributed by atoms with Gasteiger partial charge >= 0.3 is 7.60 Å². The molecule has 19 heavy (non-hydrogen) atoms. The van der Waals surface area contributed by atoms with Crippen molar-refractivity contribution in [1.29, 1.82) is 0 Å². The van der Waals surface area contributed by atoms with E-state index < -0.39 is 7.60 Å². The van der Waals surface area contributed by atoms with Crippen molar-refractivity contribution in [3.63, 3.8) is 0 Å². The van der Waals surface area contributed by atoms with Gasteiger partial charge in [-0.15, -0.1) is 0 Å². The zero-order valence-electron chi connectivity index (χ0n) is 12.3. The molecule has 1 rings (SSSR count). The maximum absolute atomic E-state index is 10.8. The van der Waals surface area contributed by atoms with Crippen molar-refractivity contribution in [1.82, 2.24) is 0 Å². The lowest BCUT2D eigenvalue weighted by Gasteiger charge is -2.32. The first kappa shape index (κ1) is 16.4. The standard InChI is InChI=1S/C15H25O3P/c1-12(9-11-19(16,17)18)7-8-14-6-5-10-15(3,4)13(14)2/h7-9H,5-6,10-11H2,1-4H3,(H2,16,17,18). The van der Waals surface area contributed by atoms with Crippen LogP contribution in [0.15, 0.2) is 34.9 Å². The van der Waals surface area contributed by atoms with E-state index in [0.29, 0.717) is 0 Å². The predicted molar refractivity (Wildman–Crippen MR) is 80.1 cm³/mol. The molecule has 0 spiro atoms. The maximum atomic E-state index is 10.8. The highest BCUT2D eigenvalue weighted by Crippen LogP contribution is 2.40. The number of hydrogen-bond acceptors (Lipinski definition) is 1. The molecule has 0 fully saturated rings. The van der Waals surface area contributed by atoms with Crippen LogP contribution in [0.3, 0.4) is 0 Å². The maximum Gasteiger partial charge on any atom is 0.329 e. The molecule has 0 aromatic rings. The summed E-state index contributed by atoms with van der Waals surface area (Å²) in [7, 11) is -3.93. The van der Waals surface area contributed by atoms with Gasteiger partial charge in [0.15, 0.2) is 0 Å². The molecular weight excluding hydrogens is 259 g/mol. The van der Waals surface area contributed by atoms with E-state index in [1.165, 1.54) is 24.0 Å². The average molecular weight is 284 g/mol. The topological polar surface area (TPSA) is 57.5 Å². The summed E-state index contributed by atoms with van der Waals surface area (Å²) in [6.45, 7) is 8.60. The van der Waals surface area contributed by atoms with Crippen LogP contribution in [-0.2, 0) is 4.57 Å². The minimum absolute atomic E-state index is 0.188. The van der Waals surface area contributed by atoms with Gasteiger partial charge in [-0.2, -0.15) is 0 Å². The third-order valence-electron chi connectivity index (χ3n) is 3.94. The summed E-state index contributed by atoms with van der Waals surface area (Å²) in [6, 6.07) is 0. The van der Waals surface area contributed by atoms with E-state index in [4.69, 9.17) is 9.79 Å². The van der Waals surface area contributed by atoms with Crippen molar-refractivity contribution in [2.45, 2.75) is 47.0 Å². The molecule has 0 aromatic carbocycles. The Hall–Kier alpha value is -0.630. The summed E-state index contributed by atoms with van der Waals surface area (Å²) < 4.78 is 10.8. The highest BCUT2D eigenvalue weighted by atomic mass is 31.2. The van der Waals surface area contributed by atoms with Crippen molar-refractivity contribution < 1.29 is 14.4 Å². The van der Waals surface area contributed by atoms with E-state index in [0.717, 1.165) is 12.0 Å². The molecule has 0 saturated carbocycles. The average Bonchev–Trinajstić information content (AvgIpc) is 2.27. The van der Waals surface area contributed by atoms with Crippen LogP contribution in [0.25, 0.3) is 0 Å². The van der Waals surface area contributed by atoms with Crippen LogP contribution in [0.4, 0.5) is 0 Å². The molecule has 1 aliphatic carbocycles. The largest absolute Gasteiger partial charge is 0.329 e. The first-order valence-electron chi connectivity index (χ1n) is 6.71. The third kappa shape index (κ3) is 5.48. The fourth-order valence-electron chi connectivity index (χ4n) is 2.30. The van der Waals surface area contributed by atoms with Crippen LogP contribution in [0.5, 0.6) is 0 Å². The van der Waals surface area contributed by atoms with Crippen LogP contribution >= 0.6 is 7.60 Å². The molecule has 0 aliphatic heterocycles. The molecule has 1 aliphatic rings. The van der Waals surface area contributed by atoms with Crippen molar-refractivity contribution in [2.75, 3.05) is 6.16 Å². The second-order valence-electron chi connectivity index (χ2n) is 6.02. The minimum atomic E-state index is -3.93. The minimum Gasteiger partial charge on any atom is -0.324 e. The molecular formula is C15H25O3P. The van der Waals surface area contributed by atoms with E-state index in [1.54, 1.807) is 6.08 Å². The van der Waals surface area contributed by atoms with E-state index in [1.807, 2.05) is 13.0 Å². The smallest absolute Gasteiger partial charge is 0.324 e. The summed E-state index contributed by atoms with van der Waals surface area (Å²) in [5, 5.41) is 0. The van der Waals surface area contributed by atoms with Gasteiger partial charge in [0.25, 0.3) is 0 Å².